The number of hydrogen-bond acceptors (Lipinski definition) is 6. The van der Waals surface area contributed by atoms with Gasteiger partial charge >= 0.3 is 0 Å². The van der Waals surface area contributed by atoms with Gasteiger partial charge in [0.15, 0.2) is 5.13 Å². The lowest BCUT2D eigenvalue weighted by molar-refractivity contribution is -0.115. The smallest absolute Gasteiger partial charge is 0.240 e. The van der Waals surface area contributed by atoms with Gasteiger partial charge in [0.05, 0.1) is 18.6 Å². The van der Waals surface area contributed by atoms with E-state index in [-0.39, 0.29) is 17.2 Å². The van der Waals surface area contributed by atoms with E-state index in [1.54, 1.807) is 29.8 Å². The number of aryl methyl sites for hydroxylation is 1. The molecule has 30 heavy (non-hydrogen) atoms. The molecule has 3 aromatic rings. The van der Waals surface area contributed by atoms with Gasteiger partial charge < -0.3 is 9.84 Å². The molecule has 4 rings (SSSR count). The topological polar surface area (TPSA) is 62.7 Å². The molecule has 1 fully saturated rings. The molecule has 2 heterocycles. The summed E-state index contributed by atoms with van der Waals surface area (Å²) in [4.78, 5) is 19.3. The molecule has 0 radical (unpaired) electrons. The summed E-state index contributed by atoms with van der Waals surface area (Å²) in [5.41, 5.74) is 4.72. The van der Waals surface area contributed by atoms with Gasteiger partial charge in [-0.25, -0.2) is 4.98 Å². The van der Waals surface area contributed by atoms with Crippen molar-refractivity contribution >= 4 is 34.1 Å². The van der Waals surface area contributed by atoms with Crippen LogP contribution < -0.4 is 9.64 Å². The maximum atomic E-state index is 12.7. The molecule has 1 amide bonds. The Labute approximate surface area is 184 Å². The lowest BCUT2D eigenvalue weighted by Gasteiger charge is -2.21. The Kier molecular flexibility index (Phi) is 5.75. The maximum absolute atomic E-state index is 12.7. The molecule has 1 unspecified atom stereocenters. The van der Waals surface area contributed by atoms with Crippen LogP contribution >= 0.6 is 23.1 Å². The highest BCUT2D eigenvalue weighted by molar-refractivity contribution is 8.00. The van der Waals surface area contributed by atoms with Crippen LogP contribution in [-0.4, -0.2) is 28.9 Å². The van der Waals surface area contributed by atoms with Crippen LogP contribution in [0.15, 0.2) is 41.8 Å². The average molecular weight is 441 g/mol. The first-order valence-corrected chi connectivity index (χ1v) is 11.7. The molecule has 1 saturated heterocycles. The fourth-order valence-electron chi connectivity index (χ4n) is 3.59. The summed E-state index contributed by atoms with van der Waals surface area (Å²) in [5, 5.41) is 12.8. The van der Waals surface area contributed by atoms with Gasteiger partial charge in [0, 0.05) is 10.9 Å². The number of phenols is 1. The Morgan fingerprint density at radius 2 is 1.97 bits per heavy atom. The van der Waals surface area contributed by atoms with Crippen LogP contribution in [0.2, 0.25) is 0 Å². The van der Waals surface area contributed by atoms with Crippen LogP contribution in [-0.2, 0) is 4.79 Å². The van der Waals surface area contributed by atoms with Crippen molar-refractivity contribution in [3.63, 3.8) is 0 Å². The highest BCUT2D eigenvalue weighted by atomic mass is 32.2. The van der Waals surface area contributed by atoms with E-state index in [2.05, 4.69) is 13.8 Å². The molecule has 1 atom stereocenters. The molecule has 5 nitrogen and oxygen atoms in total. The third-order valence-electron chi connectivity index (χ3n) is 5.24. The SMILES string of the molecule is COc1ccc(C2SCC(=O)N2c2nc(-c3cc(C(C)C)c(O)cc3C)cs2)cc1. The molecule has 1 aromatic heterocycles. The Balaban J connectivity index is 1.68. The van der Waals surface area contributed by atoms with E-state index < -0.39 is 0 Å². The molecule has 0 aliphatic carbocycles. The number of thioether (sulfide) groups is 1. The number of nitrogens with zero attached hydrogens (tertiary/aromatic N) is 2. The summed E-state index contributed by atoms with van der Waals surface area (Å²) in [5.74, 6) is 1.80. The lowest BCUT2D eigenvalue weighted by Crippen LogP contribution is -2.27. The number of aromatic hydroxyl groups is 1. The van der Waals surface area contributed by atoms with Gasteiger partial charge in [0.25, 0.3) is 0 Å². The number of phenolic OH excluding ortho intramolecular Hbond substituents is 1. The van der Waals surface area contributed by atoms with E-state index in [0.29, 0.717) is 16.6 Å². The molecule has 0 bridgehead atoms. The van der Waals surface area contributed by atoms with Crippen molar-refractivity contribution in [2.75, 3.05) is 17.8 Å². The van der Waals surface area contributed by atoms with Gasteiger partial charge in [-0.2, -0.15) is 0 Å². The molecule has 1 aliphatic heterocycles. The molecule has 0 saturated carbocycles. The third-order valence-corrected chi connectivity index (χ3v) is 7.29. The number of ether oxygens (including phenoxy) is 1. The minimum Gasteiger partial charge on any atom is -0.508 e. The van der Waals surface area contributed by atoms with Gasteiger partial charge in [-0.05, 0) is 53.8 Å². The number of rotatable bonds is 5. The van der Waals surface area contributed by atoms with Crippen LogP contribution in [0.1, 0.15) is 41.8 Å². The van der Waals surface area contributed by atoms with Gasteiger partial charge in [-0.15, -0.1) is 23.1 Å². The van der Waals surface area contributed by atoms with Gasteiger partial charge in [0.1, 0.15) is 16.9 Å². The number of aromatic nitrogens is 1. The highest BCUT2D eigenvalue weighted by Crippen LogP contribution is 2.44. The van der Waals surface area contributed by atoms with Crippen molar-refractivity contribution in [3.05, 3.63) is 58.5 Å². The zero-order valence-corrected chi connectivity index (χ0v) is 19.0. The summed E-state index contributed by atoms with van der Waals surface area (Å²) in [6.45, 7) is 6.08. The quantitative estimate of drug-likeness (QED) is 0.549. The van der Waals surface area contributed by atoms with Crippen molar-refractivity contribution < 1.29 is 14.6 Å². The summed E-state index contributed by atoms with van der Waals surface area (Å²) >= 11 is 3.08. The third kappa shape index (κ3) is 3.79. The van der Waals surface area contributed by atoms with Gasteiger partial charge in [-0.1, -0.05) is 26.0 Å². The molecule has 1 aliphatic rings. The summed E-state index contributed by atoms with van der Waals surface area (Å²) < 4.78 is 5.25. The number of benzene rings is 2. The van der Waals surface area contributed by atoms with E-state index in [0.717, 1.165) is 33.7 Å². The highest BCUT2D eigenvalue weighted by Gasteiger charge is 2.36. The standard InChI is InChI=1S/C23H24N2O3S2/c1-13(2)17-10-18(14(3)9-20(17)26)19-11-30-23(24-19)25-21(27)12-29-22(25)15-5-7-16(28-4)8-6-15/h5-11,13,22,26H,12H2,1-4H3. The molecule has 1 N–H and O–H groups in total. The predicted octanol–water partition coefficient (Wildman–Crippen LogP) is 5.73. The van der Waals surface area contributed by atoms with Crippen LogP contribution in [0.3, 0.4) is 0 Å². The van der Waals surface area contributed by atoms with Crippen LogP contribution in [0, 0.1) is 6.92 Å². The van der Waals surface area contributed by atoms with Crippen LogP contribution in [0.4, 0.5) is 5.13 Å². The van der Waals surface area contributed by atoms with Crippen molar-refractivity contribution in [2.24, 2.45) is 0 Å². The summed E-state index contributed by atoms with van der Waals surface area (Å²) in [7, 11) is 1.64. The van der Waals surface area contributed by atoms with Crippen LogP contribution in [0.25, 0.3) is 11.3 Å². The van der Waals surface area contributed by atoms with E-state index in [4.69, 9.17) is 9.72 Å². The minimum absolute atomic E-state index is 0.0621. The fraction of sp³-hybridized carbons (Fsp3) is 0.304. The first-order chi connectivity index (χ1) is 14.4. The molecule has 0 spiro atoms. The van der Waals surface area contributed by atoms with Gasteiger partial charge in [0.2, 0.25) is 5.91 Å². The maximum Gasteiger partial charge on any atom is 0.240 e. The lowest BCUT2D eigenvalue weighted by atomic mass is 9.95. The molecule has 2 aromatic carbocycles. The van der Waals surface area contributed by atoms with E-state index in [9.17, 15) is 9.90 Å². The van der Waals surface area contributed by atoms with Crippen molar-refractivity contribution in [1.82, 2.24) is 4.98 Å². The molecular weight excluding hydrogens is 416 g/mol. The predicted molar refractivity (Wildman–Crippen MR) is 124 cm³/mol. The normalized spacial score (nSPS) is 16.5. The molecule has 7 heteroatoms. The summed E-state index contributed by atoms with van der Waals surface area (Å²) in [6, 6.07) is 11.6. The Morgan fingerprint density at radius 3 is 2.63 bits per heavy atom. The second-order valence-electron chi connectivity index (χ2n) is 7.60. The van der Waals surface area contributed by atoms with Gasteiger partial charge in [-0.3, -0.25) is 9.69 Å². The number of methoxy groups -OCH3 is 1. The number of hydrogen-bond donors (Lipinski definition) is 1. The molecule has 156 valence electrons. The first-order valence-electron chi connectivity index (χ1n) is 9.76. The Morgan fingerprint density at radius 1 is 1.23 bits per heavy atom. The van der Waals surface area contributed by atoms with Crippen molar-refractivity contribution in [2.45, 2.75) is 32.1 Å². The van der Waals surface area contributed by atoms with Crippen molar-refractivity contribution in [3.8, 4) is 22.8 Å². The monoisotopic (exact) mass is 440 g/mol. The number of amides is 1. The van der Waals surface area contributed by atoms with Crippen LogP contribution in [0.5, 0.6) is 11.5 Å². The van der Waals surface area contributed by atoms with Crippen molar-refractivity contribution in [1.29, 1.82) is 0 Å². The Bertz CT molecular complexity index is 1080. The zero-order valence-electron chi connectivity index (χ0n) is 17.4. The van der Waals surface area contributed by atoms with E-state index >= 15 is 0 Å². The average Bonchev–Trinajstić information content (AvgIpc) is 3.34. The zero-order chi connectivity index (χ0) is 21.4. The number of carbonyl (C=O) groups is 1. The Hall–Kier alpha value is -2.51. The van der Waals surface area contributed by atoms with E-state index in [1.807, 2.05) is 42.6 Å². The second-order valence-corrected chi connectivity index (χ2v) is 9.50. The first kappa shape index (κ1) is 20.8. The minimum atomic E-state index is -0.102. The largest absolute Gasteiger partial charge is 0.508 e. The number of carbonyl (C=O) groups excluding carboxylic acids is 1. The number of anilines is 1. The van der Waals surface area contributed by atoms with E-state index in [1.165, 1.54) is 11.3 Å². The summed E-state index contributed by atoms with van der Waals surface area (Å²) in [6.07, 6.45) is 0. The second kappa shape index (κ2) is 8.32. The molecular formula is C23H24N2O3S2. The number of thiazole rings is 1. The fourth-order valence-corrected chi connectivity index (χ4v) is 5.68.